The van der Waals surface area contributed by atoms with Gasteiger partial charge in [0, 0.05) is 15.4 Å². The van der Waals surface area contributed by atoms with Crippen LogP contribution in [0.15, 0.2) is 14.3 Å². The lowest BCUT2D eigenvalue weighted by Gasteiger charge is -2.05. The standard InChI is InChI=1S/C7H10Br2N2S/c8-4-3-6(12-7(4)9)5(11)1-2-10/h3,5H,1-2,10-11H2/t5-/m0/s1. The normalized spacial score (nSPS) is 13.3. The van der Waals surface area contributed by atoms with Gasteiger partial charge in [0.2, 0.25) is 0 Å². The summed E-state index contributed by atoms with van der Waals surface area (Å²) in [4.78, 5) is 1.17. The molecule has 12 heavy (non-hydrogen) atoms. The lowest BCUT2D eigenvalue weighted by molar-refractivity contribution is 0.672. The molecular formula is C7H10Br2N2S. The van der Waals surface area contributed by atoms with Crippen molar-refractivity contribution < 1.29 is 0 Å². The molecule has 68 valence electrons. The summed E-state index contributed by atoms with van der Waals surface area (Å²) in [6, 6.07) is 2.11. The van der Waals surface area contributed by atoms with E-state index in [2.05, 4.69) is 31.9 Å². The zero-order chi connectivity index (χ0) is 9.14. The highest BCUT2D eigenvalue weighted by molar-refractivity contribution is 9.13. The lowest BCUT2D eigenvalue weighted by atomic mass is 10.2. The van der Waals surface area contributed by atoms with E-state index >= 15 is 0 Å². The molecule has 0 aliphatic carbocycles. The second-order valence-electron chi connectivity index (χ2n) is 2.45. The Morgan fingerprint density at radius 2 is 2.17 bits per heavy atom. The minimum atomic E-state index is 0.0719. The first-order chi connectivity index (χ1) is 5.65. The van der Waals surface area contributed by atoms with Gasteiger partial charge in [-0.1, -0.05) is 0 Å². The Morgan fingerprint density at radius 3 is 2.58 bits per heavy atom. The first kappa shape index (κ1) is 10.7. The van der Waals surface area contributed by atoms with E-state index in [0.717, 1.165) is 14.7 Å². The Morgan fingerprint density at radius 1 is 1.50 bits per heavy atom. The Kier molecular flexibility index (Phi) is 4.19. The third-order valence-corrected chi connectivity index (χ3v) is 4.90. The van der Waals surface area contributed by atoms with Crippen molar-refractivity contribution in [3.05, 3.63) is 19.2 Å². The Hall–Kier alpha value is 0.580. The maximum Gasteiger partial charge on any atom is 0.0843 e. The van der Waals surface area contributed by atoms with Crippen LogP contribution in [0.25, 0.3) is 0 Å². The second-order valence-corrected chi connectivity index (χ2v) is 5.71. The van der Waals surface area contributed by atoms with E-state index in [1.54, 1.807) is 11.3 Å². The topological polar surface area (TPSA) is 52.0 Å². The predicted octanol–water partition coefficient (Wildman–Crippen LogP) is 2.62. The number of thiophene rings is 1. The quantitative estimate of drug-likeness (QED) is 0.901. The fourth-order valence-corrected chi connectivity index (χ4v) is 2.99. The van der Waals surface area contributed by atoms with Crippen LogP contribution in [-0.2, 0) is 0 Å². The van der Waals surface area contributed by atoms with E-state index in [9.17, 15) is 0 Å². The Labute approximate surface area is 92.6 Å². The number of hydrogen-bond acceptors (Lipinski definition) is 3. The molecule has 0 aliphatic rings. The van der Waals surface area contributed by atoms with E-state index in [-0.39, 0.29) is 6.04 Å². The summed E-state index contributed by atoms with van der Waals surface area (Å²) in [6.07, 6.45) is 0.833. The van der Waals surface area contributed by atoms with E-state index < -0.39 is 0 Å². The molecule has 1 aromatic heterocycles. The summed E-state index contributed by atoms with van der Waals surface area (Å²) in [5, 5.41) is 0. The molecule has 0 aromatic carbocycles. The van der Waals surface area contributed by atoms with E-state index in [1.807, 2.05) is 6.07 Å². The van der Waals surface area contributed by atoms with Crippen molar-refractivity contribution in [3.63, 3.8) is 0 Å². The van der Waals surface area contributed by atoms with Crippen LogP contribution in [0.3, 0.4) is 0 Å². The smallest absolute Gasteiger partial charge is 0.0843 e. The van der Waals surface area contributed by atoms with Gasteiger partial charge in [-0.05, 0) is 50.9 Å². The van der Waals surface area contributed by atoms with Crippen molar-refractivity contribution in [1.82, 2.24) is 0 Å². The zero-order valence-corrected chi connectivity index (χ0v) is 10.4. The monoisotopic (exact) mass is 312 g/mol. The van der Waals surface area contributed by atoms with Gasteiger partial charge in [-0.25, -0.2) is 0 Å². The minimum absolute atomic E-state index is 0.0719. The highest BCUT2D eigenvalue weighted by atomic mass is 79.9. The molecule has 0 fully saturated rings. The maximum absolute atomic E-state index is 5.88. The molecule has 1 atom stereocenters. The van der Waals surface area contributed by atoms with Crippen LogP contribution >= 0.6 is 43.2 Å². The number of rotatable bonds is 3. The van der Waals surface area contributed by atoms with Gasteiger partial charge in [0.05, 0.1) is 3.79 Å². The molecule has 0 unspecified atom stereocenters. The van der Waals surface area contributed by atoms with Gasteiger partial charge < -0.3 is 11.5 Å². The molecular weight excluding hydrogens is 304 g/mol. The van der Waals surface area contributed by atoms with Crippen LogP contribution in [0.2, 0.25) is 0 Å². The van der Waals surface area contributed by atoms with Crippen LogP contribution in [0, 0.1) is 0 Å². The van der Waals surface area contributed by atoms with Gasteiger partial charge in [-0.15, -0.1) is 11.3 Å². The van der Waals surface area contributed by atoms with Crippen LogP contribution in [0.4, 0.5) is 0 Å². The van der Waals surface area contributed by atoms with Gasteiger partial charge >= 0.3 is 0 Å². The van der Waals surface area contributed by atoms with E-state index in [1.165, 1.54) is 4.88 Å². The van der Waals surface area contributed by atoms with Crippen molar-refractivity contribution in [3.8, 4) is 0 Å². The fourth-order valence-electron chi connectivity index (χ4n) is 0.868. The summed E-state index contributed by atoms with van der Waals surface area (Å²) in [5.41, 5.74) is 11.3. The van der Waals surface area contributed by atoms with Crippen molar-refractivity contribution in [2.24, 2.45) is 11.5 Å². The summed E-state index contributed by atoms with van der Waals surface area (Å²) >= 11 is 8.48. The van der Waals surface area contributed by atoms with Gasteiger partial charge in [0.1, 0.15) is 0 Å². The van der Waals surface area contributed by atoms with Crippen molar-refractivity contribution >= 4 is 43.2 Å². The zero-order valence-electron chi connectivity index (χ0n) is 6.39. The lowest BCUT2D eigenvalue weighted by Crippen LogP contribution is -2.13. The first-order valence-corrected chi connectivity index (χ1v) is 5.95. The molecule has 0 spiro atoms. The SMILES string of the molecule is NCC[C@H](N)c1cc(Br)c(Br)s1. The predicted molar refractivity (Wildman–Crippen MR) is 60.3 cm³/mol. The molecule has 0 saturated carbocycles. The third-order valence-electron chi connectivity index (χ3n) is 1.51. The molecule has 5 heteroatoms. The molecule has 1 rings (SSSR count). The van der Waals surface area contributed by atoms with Crippen LogP contribution in [0.1, 0.15) is 17.3 Å². The fraction of sp³-hybridized carbons (Fsp3) is 0.429. The molecule has 0 radical (unpaired) electrons. The van der Waals surface area contributed by atoms with E-state index in [4.69, 9.17) is 11.5 Å². The Bertz CT molecular complexity index is 242. The summed E-state index contributed by atoms with van der Waals surface area (Å²) in [6.45, 7) is 0.633. The molecule has 0 saturated heterocycles. The second kappa shape index (κ2) is 4.72. The van der Waals surface area contributed by atoms with E-state index in [0.29, 0.717) is 6.54 Å². The average molecular weight is 314 g/mol. The number of halogens is 2. The van der Waals surface area contributed by atoms with Gasteiger partial charge in [-0.2, -0.15) is 0 Å². The summed E-state index contributed by atoms with van der Waals surface area (Å²) in [5.74, 6) is 0. The highest BCUT2D eigenvalue weighted by Gasteiger charge is 2.10. The Balaban J connectivity index is 2.74. The van der Waals surface area contributed by atoms with Crippen LogP contribution in [0.5, 0.6) is 0 Å². The molecule has 1 heterocycles. The van der Waals surface area contributed by atoms with Crippen LogP contribution in [-0.4, -0.2) is 6.54 Å². The van der Waals surface area contributed by atoms with Gasteiger partial charge in [0.25, 0.3) is 0 Å². The average Bonchev–Trinajstić information content (AvgIpc) is 2.33. The molecule has 0 amide bonds. The molecule has 0 aliphatic heterocycles. The maximum atomic E-state index is 5.88. The van der Waals surface area contributed by atoms with Crippen molar-refractivity contribution in [1.29, 1.82) is 0 Å². The molecule has 1 aromatic rings. The van der Waals surface area contributed by atoms with Gasteiger partial charge in [-0.3, -0.25) is 0 Å². The van der Waals surface area contributed by atoms with Crippen molar-refractivity contribution in [2.45, 2.75) is 12.5 Å². The largest absolute Gasteiger partial charge is 0.330 e. The van der Waals surface area contributed by atoms with Gasteiger partial charge in [0.15, 0.2) is 0 Å². The number of nitrogens with two attached hydrogens (primary N) is 2. The minimum Gasteiger partial charge on any atom is -0.330 e. The summed E-state index contributed by atoms with van der Waals surface area (Å²) < 4.78 is 2.15. The van der Waals surface area contributed by atoms with Crippen LogP contribution < -0.4 is 11.5 Å². The molecule has 4 N–H and O–H groups in total. The van der Waals surface area contributed by atoms with Crippen molar-refractivity contribution in [2.75, 3.05) is 6.54 Å². The highest BCUT2D eigenvalue weighted by Crippen LogP contribution is 2.35. The third kappa shape index (κ3) is 2.53. The molecule has 0 bridgehead atoms. The first-order valence-electron chi connectivity index (χ1n) is 3.55. The molecule has 2 nitrogen and oxygen atoms in total. The summed E-state index contributed by atoms with van der Waals surface area (Å²) in [7, 11) is 0. The number of hydrogen-bond donors (Lipinski definition) is 2.